The summed E-state index contributed by atoms with van der Waals surface area (Å²) in [6.07, 6.45) is 1.88. The third-order valence-electron chi connectivity index (χ3n) is 4.84. The topological polar surface area (TPSA) is 62.3 Å². The second kappa shape index (κ2) is 8.93. The van der Waals surface area contributed by atoms with Gasteiger partial charge < -0.3 is 4.90 Å². The Balaban J connectivity index is 1.42. The molecule has 1 fully saturated rings. The average Bonchev–Trinajstić information content (AvgIpc) is 3.48. The highest BCUT2D eigenvalue weighted by atomic mass is 35.5. The Morgan fingerprint density at radius 2 is 1.93 bits per heavy atom. The smallest absolute Gasteiger partial charge is 0.257 e. The molecule has 1 N–H and O–H groups in total. The molecule has 0 saturated heterocycles. The fourth-order valence-corrected chi connectivity index (χ4v) is 4.05. The predicted octanol–water partition coefficient (Wildman–Crippen LogP) is 4.92. The van der Waals surface area contributed by atoms with Crippen LogP contribution in [0.15, 0.2) is 53.9 Å². The molecule has 1 aromatic heterocycles. The Morgan fingerprint density at radius 3 is 2.63 bits per heavy atom. The van der Waals surface area contributed by atoms with Crippen molar-refractivity contribution in [3.63, 3.8) is 0 Å². The monoisotopic (exact) mass is 443 g/mol. The minimum atomic E-state index is -0.416. The van der Waals surface area contributed by atoms with Gasteiger partial charge in [0.05, 0.1) is 18.7 Å². The standard InChI is InChI=1S/C22H19ClFN3O2S/c23-18-7-4-8-19(24)17(18)12-27(16-9-10-16)20(28)11-15-13-30-22(25-15)26-21(29)14-5-2-1-3-6-14/h1-8,13,16H,9-12H2,(H,25,26,29). The molecule has 0 unspecified atom stereocenters. The van der Waals surface area contributed by atoms with Gasteiger partial charge in [0.2, 0.25) is 5.91 Å². The van der Waals surface area contributed by atoms with Gasteiger partial charge in [-0.05, 0) is 37.1 Å². The van der Waals surface area contributed by atoms with Gasteiger partial charge in [-0.1, -0.05) is 35.9 Å². The van der Waals surface area contributed by atoms with Crippen molar-refractivity contribution in [1.29, 1.82) is 0 Å². The number of nitrogens with one attached hydrogen (secondary N) is 1. The van der Waals surface area contributed by atoms with E-state index in [0.29, 0.717) is 27.0 Å². The van der Waals surface area contributed by atoms with Gasteiger partial charge in [-0.2, -0.15) is 0 Å². The third-order valence-corrected chi connectivity index (χ3v) is 6.00. The van der Waals surface area contributed by atoms with Crippen molar-refractivity contribution in [2.75, 3.05) is 5.32 Å². The number of carbonyl (C=O) groups is 2. The van der Waals surface area contributed by atoms with Gasteiger partial charge in [0.1, 0.15) is 5.82 Å². The maximum Gasteiger partial charge on any atom is 0.257 e. The van der Waals surface area contributed by atoms with Gasteiger partial charge >= 0.3 is 0 Å². The zero-order valence-corrected chi connectivity index (χ0v) is 17.5. The van der Waals surface area contributed by atoms with Crippen LogP contribution in [0.3, 0.4) is 0 Å². The molecule has 0 bridgehead atoms. The summed E-state index contributed by atoms with van der Waals surface area (Å²) in [7, 11) is 0. The fraction of sp³-hybridized carbons (Fsp3) is 0.227. The summed E-state index contributed by atoms with van der Waals surface area (Å²) in [5, 5.41) is 5.24. The lowest BCUT2D eigenvalue weighted by molar-refractivity contribution is -0.131. The van der Waals surface area contributed by atoms with E-state index in [2.05, 4.69) is 10.3 Å². The Kier molecular flexibility index (Phi) is 6.11. The Morgan fingerprint density at radius 1 is 1.17 bits per heavy atom. The summed E-state index contributed by atoms with van der Waals surface area (Å²) in [5.41, 5.74) is 1.43. The summed E-state index contributed by atoms with van der Waals surface area (Å²) >= 11 is 7.40. The van der Waals surface area contributed by atoms with Crippen molar-refractivity contribution >= 4 is 39.9 Å². The van der Waals surface area contributed by atoms with Crippen LogP contribution in [0.25, 0.3) is 0 Å². The number of hydrogen-bond donors (Lipinski definition) is 1. The zero-order chi connectivity index (χ0) is 21.1. The molecule has 1 aliphatic rings. The van der Waals surface area contributed by atoms with E-state index in [1.54, 1.807) is 46.7 Å². The number of benzene rings is 2. The number of carbonyl (C=O) groups excluding carboxylic acids is 2. The number of anilines is 1. The highest BCUT2D eigenvalue weighted by Gasteiger charge is 2.33. The average molecular weight is 444 g/mol. The van der Waals surface area contributed by atoms with E-state index in [9.17, 15) is 14.0 Å². The lowest BCUT2D eigenvalue weighted by atomic mass is 10.1. The molecule has 1 saturated carbocycles. The quantitative estimate of drug-likeness (QED) is 0.563. The molecule has 0 spiro atoms. The van der Waals surface area contributed by atoms with Gasteiger partial charge in [-0.3, -0.25) is 14.9 Å². The van der Waals surface area contributed by atoms with Crippen LogP contribution in [0.4, 0.5) is 9.52 Å². The molecule has 5 nitrogen and oxygen atoms in total. The highest BCUT2D eigenvalue weighted by Crippen LogP contribution is 2.31. The normalized spacial score (nSPS) is 13.1. The first-order valence-electron chi connectivity index (χ1n) is 9.54. The molecular weight excluding hydrogens is 425 g/mol. The van der Waals surface area contributed by atoms with E-state index in [4.69, 9.17) is 11.6 Å². The van der Waals surface area contributed by atoms with E-state index in [1.165, 1.54) is 17.4 Å². The van der Waals surface area contributed by atoms with Crippen LogP contribution in [0, 0.1) is 5.82 Å². The third kappa shape index (κ3) is 4.86. The highest BCUT2D eigenvalue weighted by molar-refractivity contribution is 7.14. The van der Waals surface area contributed by atoms with E-state index in [0.717, 1.165) is 12.8 Å². The maximum atomic E-state index is 14.2. The molecule has 0 aliphatic heterocycles. The molecule has 30 heavy (non-hydrogen) atoms. The molecule has 3 aromatic rings. The Bertz CT molecular complexity index is 1050. The first kappa shape index (κ1) is 20.5. The largest absolute Gasteiger partial charge is 0.335 e. The van der Waals surface area contributed by atoms with Crippen molar-refractivity contribution in [1.82, 2.24) is 9.88 Å². The SMILES string of the molecule is O=C(Nc1nc(CC(=O)N(Cc2c(F)cccc2Cl)C2CC2)cs1)c1ccccc1. The van der Waals surface area contributed by atoms with Crippen LogP contribution in [0.2, 0.25) is 5.02 Å². The summed E-state index contributed by atoms with van der Waals surface area (Å²) in [4.78, 5) is 31.2. The molecule has 1 heterocycles. The molecule has 2 aromatic carbocycles. The molecule has 4 rings (SSSR count). The number of thiazole rings is 1. The second-order valence-electron chi connectivity index (χ2n) is 7.09. The summed E-state index contributed by atoms with van der Waals surface area (Å²) in [6, 6.07) is 13.5. The summed E-state index contributed by atoms with van der Waals surface area (Å²) in [5.74, 6) is -0.805. The summed E-state index contributed by atoms with van der Waals surface area (Å²) < 4.78 is 14.2. The van der Waals surface area contributed by atoms with Crippen molar-refractivity contribution in [3.8, 4) is 0 Å². The van der Waals surface area contributed by atoms with Crippen LogP contribution in [0.5, 0.6) is 0 Å². The molecular formula is C22H19ClFN3O2S. The van der Waals surface area contributed by atoms with Crippen LogP contribution < -0.4 is 5.32 Å². The lowest BCUT2D eigenvalue weighted by Crippen LogP contribution is -2.34. The fourth-order valence-electron chi connectivity index (χ4n) is 3.12. The molecule has 1 aliphatic carbocycles. The molecule has 154 valence electrons. The zero-order valence-electron chi connectivity index (χ0n) is 16.0. The maximum absolute atomic E-state index is 14.2. The Hall–Kier alpha value is -2.77. The number of halogens is 2. The van der Waals surface area contributed by atoms with E-state index in [1.807, 2.05) is 6.07 Å². The molecule has 0 atom stereocenters. The van der Waals surface area contributed by atoms with Crippen LogP contribution >= 0.6 is 22.9 Å². The van der Waals surface area contributed by atoms with Crippen molar-refractivity contribution in [2.24, 2.45) is 0 Å². The summed E-state index contributed by atoms with van der Waals surface area (Å²) in [6.45, 7) is 0.136. The number of nitrogens with zero attached hydrogens (tertiary/aromatic N) is 2. The first-order valence-corrected chi connectivity index (χ1v) is 10.8. The minimum absolute atomic E-state index is 0.0836. The number of amides is 2. The number of hydrogen-bond acceptors (Lipinski definition) is 4. The lowest BCUT2D eigenvalue weighted by Gasteiger charge is -2.23. The van der Waals surface area contributed by atoms with E-state index >= 15 is 0 Å². The molecule has 0 radical (unpaired) electrons. The molecule has 8 heteroatoms. The van der Waals surface area contributed by atoms with Gasteiger partial charge in [0.15, 0.2) is 5.13 Å². The van der Waals surface area contributed by atoms with Gasteiger partial charge in [0.25, 0.3) is 5.91 Å². The Labute approximate surface area is 182 Å². The van der Waals surface area contributed by atoms with Gasteiger partial charge in [-0.15, -0.1) is 11.3 Å². The van der Waals surface area contributed by atoms with E-state index < -0.39 is 5.82 Å². The number of aromatic nitrogens is 1. The first-order chi connectivity index (χ1) is 14.5. The number of rotatable bonds is 7. The molecule has 2 amide bonds. The van der Waals surface area contributed by atoms with Gasteiger partial charge in [0, 0.05) is 27.6 Å². The van der Waals surface area contributed by atoms with Gasteiger partial charge in [-0.25, -0.2) is 9.37 Å². The van der Waals surface area contributed by atoms with Crippen LogP contribution in [-0.2, 0) is 17.8 Å². The van der Waals surface area contributed by atoms with Crippen molar-refractivity contribution in [3.05, 3.63) is 81.6 Å². The van der Waals surface area contributed by atoms with Crippen LogP contribution in [0.1, 0.15) is 34.5 Å². The van der Waals surface area contributed by atoms with Crippen LogP contribution in [-0.4, -0.2) is 27.7 Å². The minimum Gasteiger partial charge on any atom is -0.335 e. The van der Waals surface area contributed by atoms with E-state index in [-0.39, 0.29) is 30.8 Å². The van der Waals surface area contributed by atoms with Crippen molar-refractivity contribution in [2.45, 2.75) is 31.8 Å². The van der Waals surface area contributed by atoms with Crippen molar-refractivity contribution < 1.29 is 14.0 Å². The predicted molar refractivity (Wildman–Crippen MR) is 115 cm³/mol. The second-order valence-corrected chi connectivity index (χ2v) is 8.36.